The maximum atomic E-state index is 13.7. The standard InChI is InChI=1S/C26H38N2O5Si/c1-8-9-14-32-24(31)26(15-19(25(3,4)5)17-28(26)33-34(6)7)18(2)16-27-22(29)20-12-10-11-13-21(20)23(27)30/h10-13,19,34H,2,8-9,14-17H2,1,3-7H3. The maximum Gasteiger partial charge on any atom is 0.333 e. The number of esters is 1. The van der Waals surface area contributed by atoms with E-state index in [-0.39, 0.29) is 29.7 Å². The van der Waals surface area contributed by atoms with Gasteiger partial charge in [-0.2, -0.15) is 5.06 Å². The molecule has 7 nitrogen and oxygen atoms in total. The van der Waals surface area contributed by atoms with E-state index in [9.17, 15) is 14.4 Å². The van der Waals surface area contributed by atoms with Crippen LogP contribution in [-0.4, -0.2) is 62.0 Å². The van der Waals surface area contributed by atoms with Gasteiger partial charge in [0.2, 0.25) is 0 Å². The van der Waals surface area contributed by atoms with E-state index in [0.29, 0.717) is 36.3 Å². The number of carbonyl (C=O) groups is 3. The van der Waals surface area contributed by atoms with Gasteiger partial charge in [0.15, 0.2) is 14.6 Å². The molecule has 0 N–H and O–H groups in total. The van der Waals surface area contributed by atoms with Crippen molar-refractivity contribution in [2.75, 3.05) is 19.7 Å². The van der Waals surface area contributed by atoms with Crippen molar-refractivity contribution >= 4 is 26.8 Å². The van der Waals surface area contributed by atoms with Crippen molar-refractivity contribution in [2.45, 2.75) is 65.6 Å². The van der Waals surface area contributed by atoms with Crippen LogP contribution in [0, 0.1) is 11.3 Å². The summed E-state index contributed by atoms with van der Waals surface area (Å²) in [6, 6.07) is 6.78. The number of ether oxygens (including phenoxy) is 1. The molecule has 0 spiro atoms. The second-order valence-electron chi connectivity index (χ2n) is 10.7. The first-order valence-corrected chi connectivity index (χ1v) is 15.0. The SMILES string of the molecule is C=C(CN1C(=O)c2ccccc2C1=O)C1(C(=O)OCCCC)CC(C(C)(C)C)CN1O[SiH](C)C. The van der Waals surface area contributed by atoms with Crippen molar-refractivity contribution in [1.82, 2.24) is 9.96 Å². The number of amides is 2. The predicted octanol–water partition coefficient (Wildman–Crippen LogP) is 4.20. The number of hydrogen-bond donors (Lipinski definition) is 0. The van der Waals surface area contributed by atoms with Crippen molar-refractivity contribution in [3.05, 3.63) is 47.5 Å². The van der Waals surface area contributed by atoms with Crippen molar-refractivity contribution in [1.29, 1.82) is 0 Å². The van der Waals surface area contributed by atoms with Gasteiger partial charge in [-0.15, -0.1) is 0 Å². The molecule has 34 heavy (non-hydrogen) atoms. The molecule has 0 aromatic heterocycles. The quantitative estimate of drug-likeness (QED) is 0.171. The zero-order valence-electron chi connectivity index (χ0n) is 21.3. The Morgan fingerprint density at radius 1 is 1.18 bits per heavy atom. The second-order valence-corrected chi connectivity index (χ2v) is 13.0. The van der Waals surface area contributed by atoms with Crippen LogP contribution in [0.25, 0.3) is 0 Å². The van der Waals surface area contributed by atoms with Gasteiger partial charge in [-0.05, 0) is 55.0 Å². The molecule has 2 amide bonds. The van der Waals surface area contributed by atoms with E-state index in [1.165, 1.54) is 4.90 Å². The molecule has 8 heteroatoms. The maximum absolute atomic E-state index is 13.7. The topological polar surface area (TPSA) is 76.2 Å². The van der Waals surface area contributed by atoms with Crippen LogP contribution < -0.4 is 0 Å². The normalized spacial score (nSPS) is 23.0. The van der Waals surface area contributed by atoms with E-state index < -0.39 is 20.5 Å². The van der Waals surface area contributed by atoms with Crippen LogP contribution in [0.1, 0.15) is 67.7 Å². The average Bonchev–Trinajstić information content (AvgIpc) is 3.26. The van der Waals surface area contributed by atoms with Crippen LogP contribution in [-0.2, 0) is 14.1 Å². The zero-order chi connectivity index (χ0) is 25.3. The fraction of sp³-hybridized carbons (Fsp3) is 0.577. The lowest BCUT2D eigenvalue weighted by Crippen LogP contribution is -2.55. The van der Waals surface area contributed by atoms with Crippen LogP contribution >= 0.6 is 0 Å². The van der Waals surface area contributed by atoms with Crippen LogP contribution in [0.4, 0.5) is 0 Å². The van der Waals surface area contributed by atoms with Crippen molar-refractivity contribution in [3.63, 3.8) is 0 Å². The molecule has 2 unspecified atom stereocenters. The minimum absolute atomic E-state index is 0.0639. The molecule has 2 atom stereocenters. The summed E-state index contributed by atoms with van der Waals surface area (Å²) in [5.41, 5.74) is -0.132. The molecule has 2 aliphatic rings. The number of carbonyl (C=O) groups excluding carboxylic acids is 3. The highest BCUT2D eigenvalue weighted by atomic mass is 28.3. The number of fused-ring (bicyclic) bond motifs is 1. The zero-order valence-corrected chi connectivity index (χ0v) is 22.5. The molecule has 0 bridgehead atoms. The van der Waals surface area contributed by atoms with Gasteiger partial charge in [0.25, 0.3) is 11.8 Å². The third-order valence-corrected chi connectivity index (χ3v) is 7.47. The second kappa shape index (κ2) is 10.1. The molecule has 3 rings (SSSR count). The number of imide groups is 1. The highest BCUT2D eigenvalue weighted by Gasteiger charge is 2.58. The first kappa shape index (κ1) is 26.3. The Bertz CT molecular complexity index is 935. The lowest BCUT2D eigenvalue weighted by Gasteiger charge is -2.39. The Labute approximate surface area is 204 Å². The van der Waals surface area contributed by atoms with Gasteiger partial charge < -0.3 is 9.26 Å². The smallest absolute Gasteiger partial charge is 0.333 e. The van der Waals surface area contributed by atoms with Crippen LogP contribution in [0.15, 0.2) is 36.4 Å². The minimum Gasteiger partial charge on any atom is -0.464 e. The summed E-state index contributed by atoms with van der Waals surface area (Å²) in [5.74, 6) is -1.01. The lowest BCUT2D eigenvalue weighted by atomic mass is 9.75. The summed E-state index contributed by atoms with van der Waals surface area (Å²) in [4.78, 5) is 41.0. The van der Waals surface area contributed by atoms with Crippen molar-refractivity contribution in [3.8, 4) is 0 Å². The summed E-state index contributed by atoms with van der Waals surface area (Å²) in [5, 5.41) is 1.76. The fourth-order valence-electron chi connectivity index (χ4n) is 4.63. The molecule has 1 saturated heterocycles. The molecule has 0 saturated carbocycles. The summed E-state index contributed by atoms with van der Waals surface area (Å²) in [6.07, 6.45) is 2.12. The molecule has 186 valence electrons. The molecule has 1 aromatic rings. The first-order valence-electron chi connectivity index (χ1n) is 12.2. The third kappa shape index (κ3) is 4.90. The van der Waals surface area contributed by atoms with E-state index in [2.05, 4.69) is 27.4 Å². The Morgan fingerprint density at radius 2 is 1.76 bits per heavy atom. The predicted molar refractivity (Wildman–Crippen MR) is 134 cm³/mol. The molecule has 0 aliphatic carbocycles. The fourth-order valence-corrected chi connectivity index (χ4v) is 5.40. The van der Waals surface area contributed by atoms with E-state index in [0.717, 1.165) is 12.8 Å². The number of hydroxylamine groups is 2. The van der Waals surface area contributed by atoms with Gasteiger partial charge in [-0.1, -0.05) is 52.8 Å². The molecule has 1 aromatic carbocycles. The van der Waals surface area contributed by atoms with E-state index in [1.54, 1.807) is 29.3 Å². The first-order chi connectivity index (χ1) is 15.9. The van der Waals surface area contributed by atoms with Gasteiger partial charge >= 0.3 is 5.97 Å². The summed E-state index contributed by atoms with van der Waals surface area (Å²) < 4.78 is 12.1. The molecular weight excluding hydrogens is 448 g/mol. The van der Waals surface area contributed by atoms with Crippen molar-refractivity contribution < 1.29 is 23.6 Å². The molecule has 2 heterocycles. The van der Waals surface area contributed by atoms with E-state index >= 15 is 0 Å². The highest BCUT2D eigenvalue weighted by molar-refractivity contribution is 6.48. The Hall–Kier alpha value is -2.29. The lowest BCUT2D eigenvalue weighted by molar-refractivity contribution is -0.175. The average molecular weight is 487 g/mol. The van der Waals surface area contributed by atoms with Gasteiger partial charge in [0.1, 0.15) is 0 Å². The van der Waals surface area contributed by atoms with E-state index in [4.69, 9.17) is 9.26 Å². The van der Waals surface area contributed by atoms with Gasteiger partial charge in [-0.25, -0.2) is 4.79 Å². The number of unbranched alkanes of at least 4 members (excludes halogenated alkanes) is 1. The number of nitrogens with zero attached hydrogens (tertiary/aromatic N) is 2. The van der Waals surface area contributed by atoms with E-state index in [1.807, 2.05) is 20.0 Å². The number of hydrogen-bond acceptors (Lipinski definition) is 6. The summed E-state index contributed by atoms with van der Waals surface area (Å²) in [7, 11) is -1.58. The highest BCUT2D eigenvalue weighted by Crippen LogP contribution is 2.47. The molecular formula is C26H38N2O5Si. The third-order valence-electron chi connectivity index (χ3n) is 6.80. The Balaban J connectivity index is 1.98. The van der Waals surface area contributed by atoms with Gasteiger partial charge in [0.05, 0.1) is 24.3 Å². The summed E-state index contributed by atoms with van der Waals surface area (Å²) >= 11 is 0. The summed E-state index contributed by atoms with van der Waals surface area (Å²) in [6.45, 7) is 17.6. The van der Waals surface area contributed by atoms with Crippen molar-refractivity contribution in [2.24, 2.45) is 11.3 Å². The molecule has 1 fully saturated rings. The van der Waals surface area contributed by atoms with Gasteiger partial charge in [-0.3, -0.25) is 14.5 Å². The number of rotatable bonds is 9. The number of benzene rings is 1. The van der Waals surface area contributed by atoms with Gasteiger partial charge in [0, 0.05) is 6.54 Å². The van der Waals surface area contributed by atoms with Crippen LogP contribution in [0.3, 0.4) is 0 Å². The minimum atomic E-state index is -1.58. The van der Waals surface area contributed by atoms with Crippen LogP contribution in [0.5, 0.6) is 0 Å². The Kier molecular flexibility index (Phi) is 7.84. The Morgan fingerprint density at radius 3 is 2.26 bits per heavy atom. The molecule has 0 radical (unpaired) electrons. The molecule has 2 aliphatic heterocycles. The largest absolute Gasteiger partial charge is 0.464 e. The monoisotopic (exact) mass is 486 g/mol. The van der Waals surface area contributed by atoms with Crippen LogP contribution in [0.2, 0.25) is 13.1 Å².